The summed E-state index contributed by atoms with van der Waals surface area (Å²) in [4.78, 5) is 8.86. The van der Waals surface area contributed by atoms with E-state index < -0.39 is 0 Å². The molecule has 0 bridgehead atoms. The maximum atomic E-state index is 5.76. The molecule has 194 valence electrons. The number of aryl methyl sites for hydroxylation is 3. The summed E-state index contributed by atoms with van der Waals surface area (Å²) in [5, 5.41) is 13.8. The molecule has 11 nitrogen and oxygen atoms in total. The van der Waals surface area contributed by atoms with E-state index in [4.69, 9.17) is 19.3 Å². The minimum Gasteiger partial charge on any atom is -0.494 e. The number of aromatic nitrogens is 7. The van der Waals surface area contributed by atoms with Gasteiger partial charge in [-0.1, -0.05) is 6.07 Å². The van der Waals surface area contributed by atoms with Crippen molar-refractivity contribution in [1.29, 1.82) is 0 Å². The largest absolute Gasteiger partial charge is 0.494 e. The molecule has 0 saturated heterocycles. The number of para-hydroxylation sites is 1. The third-order valence-electron chi connectivity index (χ3n) is 6.29. The molecule has 2 atom stereocenters. The van der Waals surface area contributed by atoms with Gasteiger partial charge in [-0.15, -0.1) is 10.2 Å². The van der Waals surface area contributed by atoms with E-state index in [0.717, 1.165) is 36.5 Å². The number of nitrogens with one attached hydrogen (secondary N) is 1. The van der Waals surface area contributed by atoms with E-state index in [0.29, 0.717) is 29.0 Å². The van der Waals surface area contributed by atoms with Crippen LogP contribution in [0.3, 0.4) is 0 Å². The second kappa shape index (κ2) is 10.8. The molecule has 0 amide bonds. The fraction of sp³-hybridized carbons (Fsp3) is 0.400. The van der Waals surface area contributed by atoms with Gasteiger partial charge in [0.25, 0.3) is 0 Å². The van der Waals surface area contributed by atoms with Crippen molar-refractivity contribution in [2.45, 2.75) is 44.6 Å². The highest BCUT2D eigenvalue weighted by Gasteiger charge is 2.27. The molecular formula is C25H30N8O3S. The Bertz CT molecular complexity index is 1330. The van der Waals surface area contributed by atoms with Crippen molar-refractivity contribution in [2.75, 3.05) is 26.1 Å². The SMILES string of the molecule is COc1cccc(OC)c1-n1c(NSC(C)C(OC)c2cnc(C)cn2)nnc1-c1cc2n(n1)CCC2. The first-order valence-electron chi connectivity index (χ1n) is 12.0. The van der Waals surface area contributed by atoms with Crippen LogP contribution in [0.5, 0.6) is 11.5 Å². The monoisotopic (exact) mass is 522 g/mol. The third-order valence-corrected chi connectivity index (χ3v) is 7.21. The second-order valence-electron chi connectivity index (χ2n) is 8.71. The highest BCUT2D eigenvalue weighted by atomic mass is 32.2. The molecule has 37 heavy (non-hydrogen) atoms. The molecular weight excluding hydrogens is 492 g/mol. The summed E-state index contributed by atoms with van der Waals surface area (Å²) in [5.74, 6) is 2.34. The fourth-order valence-corrected chi connectivity index (χ4v) is 5.26. The number of nitrogens with zero attached hydrogens (tertiary/aromatic N) is 7. The summed E-state index contributed by atoms with van der Waals surface area (Å²) in [5.41, 5.74) is 4.23. The zero-order valence-electron chi connectivity index (χ0n) is 21.5. The number of anilines is 1. The Morgan fingerprint density at radius 3 is 2.49 bits per heavy atom. The second-order valence-corrected chi connectivity index (χ2v) is 9.89. The lowest BCUT2D eigenvalue weighted by atomic mass is 10.2. The van der Waals surface area contributed by atoms with Gasteiger partial charge in [0, 0.05) is 25.5 Å². The van der Waals surface area contributed by atoms with Crippen molar-refractivity contribution < 1.29 is 14.2 Å². The van der Waals surface area contributed by atoms with Crippen molar-refractivity contribution in [3.63, 3.8) is 0 Å². The quantitative estimate of drug-likeness (QED) is 0.306. The Morgan fingerprint density at radius 1 is 1.05 bits per heavy atom. The molecule has 0 aliphatic carbocycles. The van der Waals surface area contributed by atoms with Gasteiger partial charge in [-0.3, -0.25) is 23.9 Å². The number of hydrogen-bond donors (Lipinski definition) is 1. The number of fused-ring (bicyclic) bond motifs is 1. The predicted octanol–water partition coefficient (Wildman–Crippen LogP) is 4.03. The summed E-state index contributed by atoms with van der Waals surface area (Å²) in [6.45, 7) is 4.86. The Kier molecular flexibility index (Phi) is 7.28. The lowest BCUT2D eigenvalue weighted by molar-refractivity contribution is 0.101. The first-order valence-corrected chi connectivity index (χ1v) is 12.9. The maximum absolute atomic E-state index is 5.76. The maximum Gasteiger partial charge on any atom is 0.239 e. The summed E-state index contributed by atoms with van der Waals surface area (Å²) >= 11 is 1.46. The average Bonchev–Trinajstić information content (AvgIpc) is 3.63. The Labute approximate surface area is 219 Å². The van der Waals surface area contributed by atoms with E-state index in [2.05, 4.69) is 37.9 Å². The first-order chi connectivity index (χ1) is 18.0. The van der Waals surface area contributed by atoms with Crippen LogP contribution < -0.4 is 14.2 Å². The molecule has 0 radical (unpaired) electrons. The van der Waals surface area contributed by atoms with Crippen LogP contribution in [0, 0.1) is 6.92 Å². The number of ether oxygens (including phenoxy) is 3. The van der Waals surface area contributed by atoms with Gasteiger partial charge in [-0.05, 0) is 56.8 Å². The van der Waals surface area contributed by atoms with Gasteiger partial charge < -0.3 is 14.2 Å². The third kappa shape index (κ3) is 4.86. The topological polar surface area (TPSA) is 114 Å². The number of hydrogen-bond acceptors (Lipinski definition) is 10. The minimum atomic E-state index is -0.279. The van der Waals surface area contributed by atoms with Gasteiger partial charge in [-0.2, -0.15) is 5.10 Å². The average molecular weight is 523 g/mol. The standard InChI is InChI=1S/C25H30N8O3S/c1-15-13-27-19(14-26-15)23(36-5)16(2)37-31-25-29-28-24(18-12-17-8-7-11-32(17)30-18)33(25)22-20(34-3)9-6-10-21(22)35-4/h6,9-10,12-14,16,23H,7-8,11H2,1-5H3,(H,29,31). The Morgan fingerprint density at radius 2 is 1.84 bits per heavy atom. The molecule has 1 aromatic carbocycles. The molecule has 4 heterocycles. The van der Waals surface area contributed by atoms with Crippen LogP contribution in [-0.2, 0) is 17.7 Å². The van der Waals surface area contributed by atoms with E-state index in [9.17, 15) is 0 Å². The van der Waals surface area contributed by atoms with Gasteiger partial charge in [0.1, 0.15) is 29.0 Å². The smallest absolute Gasteiger partial charge is 0.239 e. The van der Waals surface area contributed by atoms with Crippen LogP contribution >= 0.6 is 11.9 Å². The van der Waals surface area contributed by atoms with Crippen LogP contribution in [0.25, 0.3) is 17.2 Å². The van der Waals surface area contributed by atoms with Gasteiger partial charge in [-0.25, -0.2) is 0 Å². The highest BCUT2D eigenvalue weighted by molar-refractivity contribution is 8.01. The lowest BCUT2D eigenvalue weighted by Gasteiger charge is -2.22. The molecule has 5 rings (SSSR count). The van der Waals surface area contributed by atoms with Gasteiger partial charge in [0.05, 0.1) is 37.1 Å². The van der Waals surface area contributed by atoms with Gasteiger partial charge >= 0.3 is 0 Å². The van der Waals surface area contributed by atoms with Crippen LogP contribution in [0.15, 0.2) is 36.7 Å². The van der Waals surface area contributed by atoms with E-state index in [1.165, 1.54) is 17.6 Å². The van der Waals surface area contributed by atoms with Gasteiger partial charge in [0.2, 0.25) is 5.95 Å². The van der Waals surface area contributed by atoms with Crippen molar-refractivity contribution in [3.05, 3.63) is 53.7 Å². The predicted molar refractivity (Wildman–Crippen MR) is 141 cm³/mol. The molecule has 0 fully saturated rings. The number of rotatable bonds is 10. The summed E-state index contributed by atoms with van der Waals surface area (Å²) in [6.07, 6.45) is 5.31. The summed E-state index contributed by atoms with van der Waals surface area (Å²) < 4.78 is 24.5. The van der Waals surface area contributed by atoms with Crippen molar-refractivity contribution >= 4 is 17.9 Å². The van der Waals surface area contributed by atoms with E-state index in [-0.39, 0.29) is 11.4 Å². The Balaban J connectivity index is 1.52. The molecule has 12 heteroatoms. The van der Waals surface area contributed by atoms with Crippen LogP contribution in [0.1, 0.15) is 36.5 Å². The molecule has 1 aliphatic heterocycles. The normalized spacial score (nSPS) is 14.3. The molecule has 0 saturated carbocycles. The van der Waals surface area contributed by atoms with E-state index >= 15 is 0 Å². The summed E-state index contributed by atoms with van der Waals surface area (Å²) in [6, 6.07) is 7.72. The van der Waals surface area contributed by atoms with E-state index in [1.807, 2.05) is 34.4 Å². The molecule has 2 unspecified atom stereocenters. The molecule has 1 N–H and O–H groups in total. The zero-order valence-corrected chi connectivity index (χ0v) is 22.3. The minimum absolute atomic E-state index is 0.0356. The molecule has 1 aliphatic rings. The van der Waals surface area contributed by atoms with Crippen molar-refractivity contribution in [2.24, 2.45) is 0 Å². The zero-order chi connectivity index (χ0) is 25.9. The molecule has 0 spiro atoms. The number of benzene rings is 1. The van der Waals surface area contributed by atoms with Gasteiger partial charge in [0.15, 0.2) is 5.82 Å². The Hall–Kier alpha value is -3.64. The summed E-state index contributed by atoms with van der Waals surface area (Å²) in [7, 11) is 4.92. The van der Waals surface area contributed by atoms with E-state index in [1.54, 1.807) is 33.7 Å². The molecule has 4 aromatic rings. The number of methoxy groups -OCH3 is 3. The van der Waals surface area contributed by atoms with Crippen LogP contribution in [0.2, 0.25) is 0 Å². The fourth-order valence-electron chi connectivity index (χ4n) is 4.46. The lowest BCUT2D eigenvalue weighted by Crippen LogP contribution is -2.18. The highest BCUT2D eigenvalue weighted by Crippen LogP contribution is 2.39. The van der Waals surface area contributed by atoms with Crippen LogP contribution in [0.4, 0.5) is 5.95 Å². The van der Waals surface area contributed by atoms with Crippen molar-refractivity contribution in [1.82, 2.24) is 34.5 Å². The molecule has 3 aromatic heterocycles. The first kappa shape index (κ1) is 25.0. The van der Waals surface area contributed by atoms with Crippen molar-refractivity contribution in [3.8, 4) is 28.7 Å². The van der Waals surface area contributed by atoms with Crippen LogP contribution in [-0.4, -0.2) is 61.1 Å².